The molecule has 0 bridgehead atoms. The minimum Gasteiger partial charge on any atom is -0.457 e. The Kier molecular flexibility index (Phi) is 29.2. The van der Waals surface area contributed by atoms with E-state index in [1.165, 1.54) is 116 Å². The quantitative estimate of drug-likeness (QED) is 0.0650. The molecule has 0 saturated carbocycles. The van der Waals surface area contributed by atoms with Gasteiger partial charge in [0.1, 0.15) is 6.10 Å². The van der Waals surface area contributed by atoms with Crippen LogP contribution in [0, 0.1) is 0 Å². The zero-order chi connectivity index (χ0) is 26.4. The van der Waals surface area contributed by atoms with E-state index in [1.807, 2.05) is 0 Å². The molecule has 4 nitrogen and oxygen atoms in total. The van der Waals surface area contributed by atoms with Crippen molar-refractivity contribution < 1.29 is 19.4 Å². The van der Waals surface area contributed by atoms with Crippen LogP contribution in [0.2, 0.25) is 0 Å². The Balaban J connectivity index is 3.24. The van der Waals surface area contributed by atoms with Gasteiger partial charge in [-0.3, -0.25) is 4.79 Å². The van der Waals surface area contributed by atoms with Gasteiger partial charge in [-0.05, 0) is 38.5 Å². The van der Waals surface area contributed by atoms with E-state index in [9.17, 15) is 9.90 Å². The van der Waals surface area contributed by atoms with Crippen LogP contribution in [0.15, 0.2) is 24.3 Å². The molecule has 0 heterocycles. The van der Waals surface area contributed by atoms with E-state index in [4.69, 9.17) is 9.47 Å². The normalized spacial score (nSPS) is 12.6. The Morgan fingerprint density at radius 3 is 1.61 bits per heavy atom. The Hall–Kier alpha value is -1.13. The fourth-order valence-corrected chi connectivity index (χ4v) is 4.21. The highest BCUT2D eigenvalue weighted by Crippen LogP contribution is 2.13. The predicted molar refractivity (Wildman–Crippen MR) is 154 cm³/mol. The van der Waals surface area contributed by atoms with Crippen LogP contribution in [0.1, 0.15) is 149 Å². The third-order valence-corrected chi connectivity index (χ3v) is 6.58. The SMILES string of the molecule is CCCCCCC/C=C\C/C=C\CCCCCCCCCCCCCCOCC(CO)OC(=O)CC. The van der Waals surface area contributed by atoms with Crippen molar-refractivity contribution in [2.45, 2.75) is 155 Å². The largest absolute Gasteiger partial charge is 0.457 e. The number of hydrogen-bond donors (Lipinski definition) is 1. The number of carbonyl (C=O) groups excluding carboxylic acids is 1. The minimum atomic E-state index is -0.527. The Morgan fingerprint density at radius 1 is 0.667 bits per heavy atom. The summed E-state index contributed by atoms with van der Waals surface area (Å²) < 4.78 is 10.6. The second-order valence-electron chi connectivity index (χ2n) is 10.1. The molecule has 0 radical (unpaired) electrons. The lowest BCUT2D eigenvalue weighted by molar-refractivity contribution is -0.154. The maximum atomic E-state index is 11.2. The zero-order valence-electron chi connectivity index (χ0n) is 24.0. The van der Waals surface area contributed by atoms with Crippen molar-refractivity contribution in [1.82, 2.24) is 0 Å². The molecule has 0 aliphatic carbocycles. The number of aliphatic hydroxyl groups is 1. The Bertz CT molecular complexity index is 500. The van der Waals surface area contributed by atoms with Crippen molar-refractivity contribution in [3.05, 3.63) is 24.3 Å². The summed E-state index contributed by atoms with van der Waals surface area (Å²) in [5.41, 5.74) is 0. The van der Waals surface area contributed by atoms with Gasteiger partial charge in [-0.15, -0.1) is 0 Å². The van der Waals surface area contributed by atoms with E-state index < -0.39 is 6.10 Å². The molecule has 0 aromatic heterocycles. The lowest BCUT2D eigenvalue weighted by atomic mass is 10.0. The molecular weight excluding hydrogens is 448 g/mol. The van der Waals surface area contributed by atoms with Gasteiger partial charge in [-0.2, -0.15) is 0 Å². The number of allylic oxidation sites excluding steroid dienone is 4. The number of hydrogen-bond acceptors (Lipinski definition) is 4. The topological polar surface area (TPSA) is 55.8 Å². The van der Waals surface area contributed by atoms with Gasteiger partial charge in [0.05, 0.1) is 13.2 Å². The molecule has 0 aromatic rings. The summed E-state index contributed by atoms with van der Waals surface area (Å²) in [5.74, 6) is -0.289. The summed E-state index contributed by atoms with van der Waals surface area (Å²) in [6.45, 7) is 4.80. The molecule has 212 valence electrons. The molecule has 36 heavy (non-hydrogen) atoms. The summed E-state index contributed by atoms with van der Waals surface area (Å²) >= 11 is 0. The van der Waals surface area contributed by atoms with E-state index in [-0.39, 0.29) is 19.2 Å². The molecule has 0 aromatic carbocycles. The van der Waals surface area contributed by atoms with Gasteiger partial charge in [0.25, 0.3) is 0 Å². The van der Waals surface area contributed by atoms with E-state index in [1.54, 1.807) is 6.92 Å². The number of carbonyl (C=O) groups is 1. The first kappa shape index (κ1) is 34.9. The lowest BCUT2D eigenvalue weighted by Gasteiger charge is -2.15. The van der Waals surface area contributed by atoms with Crippen molar-refractivity contribution in [3.63, 3.8) is 0 Å². The fourth-order valence-electron chi connectivity index (χ4n) is 4.21. The number of rotatable bonds is 28. The van der Waals surface area contributed by atoms with Gasteiger partial charge in [-0.25, -0.2) is 0 Å². The number of ether oxygens (including phenoxy) is 2. The monoisotopic (exact) mass is 508 g/mol. The highest BCUT2D eigenvalue weighted by atomic mass is 16.6. The van der Waals surface area contributed by atoms with Crippen LogP contribution in [0.3, 0.4) is 0 Å². The zero-order valence-corrected chi connectivity index (χ0v) is 24.0. The molecule has 0 aliphatic heterocycles. The predicted octanol–water partition coefficient (Wildman–Crippen LogP) is 9.25. The third kappa shape index (κ3) is 27.5. The van der Waals surface area contributed by atoms with Crippen LogP contribution >= 0.6 is 0 Å². The van der Waals surface area contributed by atoms with Gasteiger partial charge < -0.3 is 14.6 Å². The van der Waals surface area contributed by atoms with E-state index in [0.29, 0.717) is 13.0 Å². The van der Waals surface area contributed by atoms with E-state index >= 15 is 0 Å². The average Bonchev–Trinajstić information content (AvgIpc) is 2.89. The van der Waals surface area contributed by atoms with Crippen molar-refractivity contribution in [2.24, 2.45) is 0 Å². The van der Waals surface area contributed by atoms with E-state index in [0.717, 1.165) is 12.8 Å². The highest BCUT2D eigenvalue weighted by molar-refractivity contribution is 5.69. The second kappa shape index (κ2) is 30.1. The Morgan fingerprint density at radius 2 is 1.14 bits per heavy atom. The minimum absolute atomic E-state index is 0.180. The molecule has 1 atom stereocenters. The molecular formula is C32H60O4. The van der Waals surface area contributed by atoms with Gasteiger partial charge in [-0.1, -0.05) is 128 Å². The van der Waals surface area contributed by atoms with Crippen molar-refractivity contribution in [2.75, 3.05) is 19.8 Å². The van der Waals surface area contributed by atoms with Crippen LogP contribution in [-0.2, 0) is 14.3 Å². The van der Waals surface area contributed by atoms with Crippen molar-refractivity contribution in [3.8, 4) is 0 Å². The number of esters is 1. The molecule has 0 fully saturated rings. The fraction of sp³-hybridized carbons (Fsp3) is 0.844. The summed E-state index contributed by atoms with van der Waals surface area (Å²) in [6, 6.07) is 0. The van der Waals surface area contributed by atoms with Gasteiger partial charge in [0.2, 0.25) is 0 Å². The average molecular weight is 509 g/mol. The maximum absolute atomic E-state index is 11.2. The molecule has 0 aliphatic rings. The third-order valence-electron chi connectivity index (χ3n) is 6.58. The van der Waals surface area contributed by atoms with Crippen molar-refractivity contribution in [1.29, 1.82) is 0 Å². The summed E-state index contributed by atoms with van der Waals surface area (Å²) in [5, 5.41) is 9.20. The molecule has 0 amide bonds. The van der Waals surface area contributed by atoms with Crippen LogP contribution in [-0.4, -0.2) is 37.0 Å². The highest BCUT2D eigenvalue weighted by Gasteiger charge is 2.12. The molecule has 0 spiro atoms. The second-order valence-corrected chi connectivity index (χ2v) is 10.1. The van der Waals surface area contributed by atoms with Crippen molar-refractivity contribution >= 4 is 5.97 Å². The molecule has 0 saturated heterocycles. The van der Waals surface area contributed by atoms with Crippen LogP contribution < -0.4 is 0 Å². The van der Waals surface area contributed by atoms with Gasteiger partial charge in [0, 0.05) is 13.0 Å². The maximum Gasteiger partial charge on any atom is 0.305 e. The first-order valence-corrected chi connectivity index (χ1v) is 15.4. The van der Waals surface area contributed by atoms with E-state index in [2.05, 4.69) is 31.2 Å². The lowest BCUT2D eigenvalue weighted by Crippen LogP contribution is -2.27. The summed E-state index contributed by atoms with van der Waals surface area (Å²) in [4.78, 5) is 11.2. The van der Waals surface area contributed by atoms with Crippen LogP contribution in [0.5, 0.6) is 0 Å². The van der Waals surface area contributed by atoms with Crippen LogP contribution in [0.25, 0.3) is 0 Å². The van der Waals surface area contributed by atoms with Crippen LogP contribution in [0.4, 0.5) is 0 Å². The standard InChI is InChI=1S/C32H60O4/c1-3-5-6-7-8-9-10-11-12-13-14-15-16-17-18-19-20-21-22-23-24-25-26-27-28-35-30-31(29-33)36-32(34)4-2/h10-11,13-14,31,33H,3-9,12,15-30H2,1-2H3/b11-10-,14-13-. The van der Waals surface area contributed by atoms with Gasteiger partial charge >= 0.3 is 5.97 Å². The smallest absolute Gasteiger partial charge is 0.305 e. The summed E-state index contributed by atoms with van der Waals surface area (Å²) in [6.07, 6.45) is 35.4. The molecule has 4 heteroatoms. The number of unbranched alkanes of at least 4 members (excludes halogenated alkanes) is 17. The summed E-state index contributed by atoms with van der Waals surface area (Å²) in [7, 11) is 0. The first-order chi connectivity index (χ1) is 17.7. The molecule has 0 rings (SSSR count). The number of aliphatic hydroxyl groups excluding tert-OH is 1. The van der Waals surface area contributed by atoms with Gasteiger partial charge in [0.15, 0.2) is 0 Å². The molecule has 1 N–H and O–H groups in total. The first-order valence-electron chi connectivity index (χ1n) is 15.4. The molecule has 1 unspecified atom stereocenters. The Labute approximate surface area is 224 Å².